The van der Waals surface area contributed by atoms with Crippen molar-refractivity contribution in [3.05, 3.63) is 59.9 Å². The third kappa shape index (κ3) is 2.47. The Kier molecular flexibility index (Phi) is 3.43. The predicted octanol–water partition coefficient (Wildman–Crippen LogP) is 3.69. The third-order valence-corrected chi connectivity index (χ3v) is 3.18. The fourth-order valence-corrected chi connectivity index (χ4v) is 1.81. The van der Waals surface area contributed by atoms with E-state index in [4.69, 9.17) is 0 Å². The average molecular weight is 227 g/mol. The minimum atomic E-state index is 0.0192. The molecular weight excluding hydrogens is 210 g/mol. The quantitative estimate of drug-likeness (QED) is 0.783. The zero-order valence-corrected chi connectivity index (χ0v) is 10.3. The Morgan fingerprint density at radius 3 is 2.29 bits per heavy atom. The molecule has 0 amide bonds. The average Bonchev–Trinajstić information content (AvgIpc) is 2.91. The van der Waals surface area contributed by atoms with Crippen molar-refractivity contribution < 1.29 is 4.79 Å². The number of hydrogen-bond donors (Lipinski definition) is 0. The molecular formula is C15H17NO. The van der Waals surface area contributed by atoms with Gasteiger partial charge in [0.2, 0.25) is 0 Å². The first-order chi connectivity index (χ1) is 8.22. The number of rotatable bonds is 3. The number of benzene rings is 1. The first-order valence-electron chi connectivity index (χ1n) is 6.00. The molecule has 2 heteroatoms. The van der Waals surface area contributed by atoms with Crippen molar-refractivity contribution in [3.63, 3.8) is 0 Å². The summed E-state index contributed by atoms with van der Waals surface area (Å²) in [5, 5.41) is 0. The second-order valence-electron chi connectivity index (χ2n) is 4.33. The van der Waals surface area contributed by atoms with E-state index in [2.05, 4.69) is 13.8 Å². The van der Waals surface area contributed by atoms with Gasteiger partial charge in [0.15, 0.2) is 0 Å². The molecule has 0 bridgehead atoms. The molecule has 0 saturated heterocycles. The van der Waals surface area contributed by atoms with E-state index >= 15 is 0 Å². The summed E-state index contributed by atoms with van der Waals surface area (Å²) in [7, 11) is 0. The Balaban J connectivity index is 2.21. The van der Waals surface area contributed by atoms with E-state index in [-0.39, 0.29) is 5.91 Å². The summed E-state index contributed by atoms with van der Waals surface area (Å²) in [5.74, 6) is 0.566. The van der Waals surface area contributed by atoms with Gasteiger partial charge in [-0.05, 0) is 42.2 Å². The molecule has 0 aliphatic heterocycles. The Morgan fingerprint density at radius 2 is 1.76 bits per heavy atom. The maximum atomic E-state index is 12.0. The van der Waals surface area contributed by atoms with E-state index in [0.29, 0.717) is 5.92 Å². The Hall–Kier alpha value is -1.83. The number of carbonyl (C=O) groups is 1. The van der Waals surface area contributed by atoms with Crippen molar-refractivity contribution in [1.29, 1.82) is 0 Å². The van der Waals surface area contributed by atoms with Gasteiger partial charge in [0.05, 0.1) is 0 Å². The van der Waals surface area contributed by atoms with Crippen LogP contribution in [0.15, 0.2) is 48.8 Å². The minimum absolute atomic E-state index is 0.0192. The molecule has 1 aromatic heterocycles. The second kappa shape index (κ2) is 5.00. The SMILES string of the molecule is CCC(C)c1ccc(C(=O)n2cccc2)cc1. The van der Waals surface area contributed by atoms with E-state index in [1.165, 1.54) is 5.56 Å². The molecule has 1 heterocycles. The van der Waals surface area contributed by atoms with Gasteiger partial charge in [-0.25, -0.2) is 0 Å². The van der Waals surface area contributed by atoms with Gasteiger partial charge in [-0.2, -0.15) is 0 Å². The topological polar surface area (TPSA) is 22.0 Å². The normalized spacial score (nSPS) is 12.4. The molecule has 1 aromatic carbocycles. The van der Waals surface area contributed by atoms with E-state index in [1.54, 1.807) is 17.0 Å². The lowest BCUT2D eigenvalue weighted by molar-refractivity contribution is 0.0960. The summed E-state index contributed by atoms with van der Waals surface area (Å²) in [4.78, 5) is 12.0. The van der Waals surface area contributed by atoms with Crippen LogP contribution < -0.4 is 0 Å². The van der Waals surface area contributed by atoms with Gasteiger partial charge in [0.25, 0.3) is 5.91 Å². The van der Waals surface area contributed by atoms with E-state index in [9.17, 15) is 4.79 Å². The van der Waals surface area contributed by atoms with Crippen LogP contribution >= 0.6 is 0 Å². The molecule has 1 unspecified atom stereocenters. The van der Waals surface area contributed by atoms with Gasteiger partial charge in [0, 0.05) is 18.0 Å². The molecule has 2 rings (SSSR count). The molecule has 88 valence electrons. The van der Waals surface area contributed by atoms with Crippen molar-refractivity contribution in [2.45, 2.75) is 26.2 Å². The van der Waals surface area contributed by atoms with Crippen molar-refractivity contribution in [1.82, 2.24) is 4.57 Å². The lowest BCUT2D eigenvalue weighted by Crippen LogP contribution is -2.09. The van der Waals surface area contributed by atoms with Crippen LogP contribution in [0.2, 0.25) is 0 Å². The monoisotopic (exact) mass is 227 g/mol. The van der Waals surface area contributed by atoms with E-state index in [0.717, 1.165) is 12.0 Å². The predicted molar refractivity (Wildman–Crippen MR) is 69.3 cm³/mol. The lowest BCUT2D eigenvalue weighted by atomic mass is 9.97. The number of hydrogen-bond acceptors (Lipinski definition) is 1. The van der Waals surface area contributed by atoms with E-state index in [1.807, 2.05) is 36.4 Å². The first-order valence-corrected chi connectivity index (χ1v) is 6.00. The molecule has 0 spiro atoms. The maximum absolute atomic E-state index is 12.0. The first kappa shape index (κ1) is 11.6. The molecule has 2 nitrogen and oxygen atoms in total. The van der Waals surface area contributed by atoms with Crippen LogP contribution in [0, 0.1) is 0 Å². The van der Waals surface area contributed by atoms with Crippen molar-refractivity contribution in [2.24, 2.45) is 0 Å². The third-order valence-electron chi connectivity index (χ3n) is 3.18. The zero-order chi connectivity index (χ0) is 12.3. The molecule has 0 N–H and O–H groups in total. The van der Waals surface area contributed by atoms with Crippen molar-refractivity contribution in [2.75, 3.05) is 0 Å². The molecule has 0 fully saturated rings. The van der Waals surface area contributed by atoms with E-state index < -0.39 is 0 Å². The minimum Gasteiger partial charge on any atom is -0.291 e. The Bertz CT molecular complexity index is 482. The largest absolute Gasteiger partial charge is 0.291 e. The fourth-order valence-electron chi connectivity index (χ4n) is 1.81. The second-order valence-corrected chi connectivity index (χ2v) is 4.33. The van der Waals surface area contributed by atoms with Gasteiger partial charge in [0.1, 0.15) is 0 Å². The van der Waals surface area contributed by atoms with Crippen LogP contribution in [0.25, 0.3) is 0 Å². The van der Waals surface area contributed by atoms with Crippen LogP contribution in [-0.4, -0.2) is 10.5 Å². The molecule has 0 aliphatic rings. The Labute approximate surface area is 102 Å². The highest BCUT2D eigenvalue weighted by molar-refractivity contribution is 5.95. The Morgan fingerprint density at radius 1 is 1.18 bits per heavy atom. The van der Waals surface area contributed by atoms with Gasteiger partial charge in [-0.3, -0.25) is 9.36 Å². The molecule has 2 aromatic rings. The maximum Gasteiger partial charge on any atom is 0.261 e. The van der Waals surface area contributed by atoms with Crippen molar-refractivity contribution in [3.8, 4) is 0 Å². The van der Waals surface area contributed by atoms with Crippen LogP contribution in [0.5, 0.6) is 0 Å². The van der Waals surface area contributed by atoms with Crippen LogP contribution in [0.4, 0.5) is 0 Å². The highest BCUT2D eigenvalue weighted by atomic mass is 16.2. The van der Waals surface area contributed by atoms with Crippen molar-refractivity contribution >= 4 is 5.91 Å². The number of aromatic nitrogens is 1. The highest BCUT2D eigenvalue weighted by Crippen LogP contribution is 2.19. The molecule has 0 saturated carbocycles. The summed E-state index contributed by atoms with van der Waals surface area (Å²) >= 11 is 0. The highest BCUT2D eigenvalue weighted by Gasteiger charge is 2.08. The zero-order valence-electron chi connectivity index (χ0n) is 10.3. The molecule has 1 atom stereocenters. The fraction of sp³-hybridized carbons (Fsp3) is 0.267. The lowest BCUT2D eigenvalue weighted by Gasteiger charge is -2.09. The molecule has 17 heavy (non-hydrogen) atoms. The van der Waals surface area contributed by atoms with Gasteiger partial charge < -0.3 is 0 Å². The van der Waals surface area contributed by atoms with Crippen LogP contribution in [-0.2, 0) is 0 Å². The molecule has 0 aliphatic carbocycles. The molecule has 0 radical (unpaired) electrons. The van der Waals surface area contributed by atoms with Gasteiger partial charge >= 0.3 is 0 Å². The van der Waals surface area contributed by atoms with Gasteiger partial charge in [-0.1, -0.05) is 26.0 Å². The number of carbonyl (C=O) groups excluding carboxylic acids is 1. The summed E-state index contributed by atoms with van der Waals surface area (Å²) in [6.07, 6.45) is 4.65. The summed E-state index contributed by atoms with van der Waals surface area (Å²) in [6.45, 7) is 4.37. The smallest absolute Gasteiger partial charge is 0.261 e. The van der Waals surface area contributed by atoms with Crippen LogP contribution in [0.1, 0.15) is 42.1 Å². The van der Waals surface area contributed by atoms with Crippen LogP contribution in [0.3, 0.4) is 0 Å². The standard InChI is InChI=1S/C15H17NO/c1-3-12(2)13-6-8-14(9-7-13)15(17)16-10-4-5-11-16/h4-12H,3H2,1-2H3. The summed E-state index contributed by atoms with van der Waals surface area (Å²) in [6, 6.07) is 11.6. The summed E-state index contributed by atoms with van der Waals surface area (Å²) < 4.78 is 1.60. The van der Waals surface area contributed by atoms with Gasteiger partial charge in [-0.15, -0.1) is 0 Å². The number of nitrogens with zero attached hydrogens (tertiary/aromatic N) is 1. The summed E-state index contributed by atoms with van der Waals surface area (Å²) in [5.41, 5.74) is 2.02.